The number of hydrogen-bond donors (Lipinski definition) is 0. The van der Waals surface area contributed by atoms with Crippen molar-refractivity contribution in [2.24, 2.45) is 0 Å². The van der Waals surface area contributed by atoms with Crippen molar-refractivity contribution in [3.05, 3.63) is 51.1 Å². The van der Waals surface area contributed by atoms with Gasteiger partial charge in [-0.05, 0) is 30.2 Å². The number of benzene rings is 1. The van der Waals surface area contributed by atoms with Gasteiger partial charge in [-0.1, -0.05) is 53.9 Å². The van der Waals surface area contributed by atoms with Gasteiger partial charge in [-0.2, -0.15) is 4.98 Å². The topological polar surface area (TPSA) is 22.1 Å². The predicted octanol–water partition coefficient (Wildman–Crippen LogP) is 5.40. The molecule has 0 saturated heterocycles. The Bertz CT molecular complexity index is 572. The van der Waals surface area contributed by atoms with Gasteiger partial charge in [-0.3, -0.25) is 0 Å². The zero-order valence-electron chi connectivity index (χ0n) is 9.58. The molecule has 2 nitrogen and oxygen atoms in total. The third-order valence-electron chi connectivity index (χ3n) is 2.38. The Kier molecular flexibility index (Phi) is 4.33. The fraction of sp³-hybridized carbons (Fsp3) is 0.154. The molecule has 0 atom stereocenters. The van der Waals surface area contributed by atoms with Crippen LogP contribution in [0.25, 0.3) is 0 Å². The highest BCUT2D eigenvalue weighted by Gasteiger charge is 2.10. The zero-order valence-corrected chi connectivity index (χ0v) is 11.9. The maximum Gasteiger partial charge on any atom is 0.239 e. The third kappa shape index (κ3) is 3.08. The molecule has 0 aliphatic rings. The first-order chi connectivity index (χ1) is 8.60. The molecular weight excluding hydrogens is 293 g/mol. The summed E-state index contributed by atoms with van der Waals surface area (Å²) in [6, 6.07) is 9.22. The van der Waals surface area contributed by atoms with Crippen molar-refractivity contribution in [1.29, 1.82) is 0 Å². The van der Waals surface area contributed by atoms with Crippen molar-refractivity contribution in [1.82, 2.24) is 4.98 Å². The van der Waals surface area contributed by atoms with Gasteiger partial charge < -0.3 is 4.74 Å². The van der Waals surface area contributed by atoms with Crippen molar-refractivity contribution in [2.75, 3.05) is 0 Å². The summed E-state index contributed by atoms with van der Waals surface area (Å²) < 4.78 is 5.60. The highest BCUT2D eigenvalue weighted by Crippen LogP contribution is 2.33. The van der Waals surface area contributed by atoms with E-state index in [0.29, 0.717) is 15.8 Å². The average molecular weight is 303 g/mol. The van der Waals surface area contributed by atoms with Crippen molar-refractivity contribution in [2.45, 2.75) is 13.3 Å². The predicted molar refractivity (Wildman–Crippen MR) is 75.2 cm³/mol. The summed E-state index contributed by atoms with van der Waals surface area (Å²) in [6.45, 7) is 2.07. The van der Waals surface area contributed by atoms with Crippen LogP contribution >= 0.6 is 34.8 Å². The van der Waals surface area contributed by atoms with Crippen LogP contribution in [-0.2, 0) is 6.42 Å². The number of pyridine rings is 1. The zero-order chi connectivity index (χ0) is 13.1. The van der Waals surface area contributed by atoms with E-state index in [1.807, 2.05) is 24.3 Å². The Morgan fingerprint density at radius 3 is 2.61 bits per heavy atom. The molecule has 0 fully saturated rings. The molecule has 1 aromatic heterocycles. The molecule has 2 rings (SSSR count). The highest BCUT2D eigenvalue weighted by molar-refractivity contribution is 6.42. The number of rotatable bonds is 3. The molecule has 0 bridgehead atoms. The Balaban J connectivity index is 2.30. The van der Waals surface area contributed by atoms with Crippen molar-refractivity contribution >= 4 is 34.8 Å². The maximum absolute atomic E-state index is 5.99. The van der Waals surface area contributed by atoms with E-state index in [-0.39, 0.29) is 11.0 Å². The number of aryl methyl sites for hydroxylation is 1. The largest absolute Gasteiger partial charge is 0.437 e. The summed E-state index contributed by atoms with van der Waals surface area (Å²) in [5.74, 6) is 0.918. The second-order valence-electron chi connectivity index (χ2n) is 3.65. The van der Waals surface area contributed by atoms with E-state index in [0.717, 1.165) is 6.42 Å². The second-order valence-corrected chi connectivity index (χ2v) is 4.82. The first-order valence-corrected chi connectivity index (χ1v) is 6.52. The Labute approximate surface area is 120 Å². The van der Waals surface area contributed by atoms with Crippen LogP contribution in [0.3, 0.4) is 0 Å². The molecule has 0 aliphatic carbocycles. The van der Waals surface area contributed by atoms with Gasteiger partial charge in [0, 0.05) is 0 Å². The summed E-state index contributed by atoms with van der Waals surface area (Å²) in [5, 5.41) is 0.797. The standard InChI is InChI=1S/C13H10Cl3NO/c1-2-8-4-3-5-9(6-8)18-13-11(15)7-10(14)12(16)17-13/h3-7H,2H2,1H3. The molecule has 0 amide bonds. The molecule has 0 N–H and O–H groups in total. The van der Waals surface area contributed by atoms with Crippen LogP contribution in [-0.4, -0.2) is 4.98 Å². The minimum Gasteiger partial charge on any atom is -0.437 e. The lowest BCUT2D eigenvalue weighted by atomic mass is 10.2. The molecular formula is C13H10Cl3NO. The summed E-state index contributed by atoms with van der Waals surface area (Å²) in [7, 11) is 0. The van der Waals surface area contributed by atoms with Crippen molar-refractivity contribution in [3.63, 3.8) is 0 Å². The molecule has 0 saturated carbocycles. The molecule has 1 heterocycles. The van der Waals surface area contributed by atoms with Crippen LogP contribution in [0.5, 0.6) is 11.6 Å². The van der Waals surface area contributed by atoms with E-state index < -0.39 is 0 Å². The van der Waals surface area contributed by atoms with Crippen LogP contribution in [0.15, 0.2) is 30.3 Å². The van der Waals surface area contributed by atoms with Crippen LogP contribution in [0.2, 0.25) is 15.2 Å². The summed E-state index contributed by atoms with van der Waals surface area (Å²) in [5.41, 5.74) is 1.17. The van der Waals surface area contributed by atoms with Crippen LogP contribution in [0, 0.1) is 0 Å². The first-order valence-electron chi connectivity index (χ1n) is 5.38. The summed E-state index contributed by atoms with van der Waals surface area (Å²) in [6.07, 6.45) is 0.930. The van der Waals surface area contributed by atoms with Gasteiger partial charge in [0.15, 0.2) is 5.15 Å². The van der Waals surface area contributed by atoms with Gasteiger partial charge in [-0.15, -0.1) is 0 Å². The fourth-order valence-electron chi connectivity index (χ4n) is 1.44. The van der Waals surface area contributed by atoms with E-state index >= 15 is 0 Å². The van der Waals surface area contributed by atoms with Gasteiger partial charge in [0.25, 0.3) is 0 Å². The molecule has 1 aromatic carbocycles. The van der Waals surface area contributed by atoms with E-state index in [4.69, 9.17) is 39.5 Å². The summed E-state index contributed by atoms with van der Waals surface area (Å²) in [4.78, 5) is 4.00. The number of halogens is 3. The van der Waals surface area contributed by atoms with E-state index in [2.05, 4.69) is 11.9 Å². The second kappa shape index (κ2) is 5.79. The number of aromatic nitrogens is 1. The molecule has 0 radical (unpaired) electrons. The number of hydrogen-bond acceptors (Lipinski definition) is 2. The lowest BCUT2D eigenvalue weighted by Gasteiger charge is -2.08. The Morgan fingerprint density at radius 1 is 1.11 bits per heavy atom. The molecule has 0 aliphatic heterocycles. The van der Waals surface area contributed by atoms with Crippen LogP contribution in [0.1, 0.15) is 12.5 Å². The first kappa shape index (κ1) is 13.5. The SMILES string of the molecule is CCc1cccc(Oc2nc(Cl)c(Cl)cc2Cl)c1. The lowest BCUT2D eigenvalue weighted by molar-refractivity contribution is 0.463. The molecule has 0 unspecified atom stereocenters. The maximum atomic E-state index is 5.99. The third-order valence-corrected chi connectivity index (χ3v) is 3.32. The van der Waals surface area contributed by atoms with Gasteiger partial charge in [0.05, 0.1) is 5.02 Å². The normalized spacial score (nSPS) is 10.4. The molecule has 5 heteroatoms. The molecule has 94 valence electrons. The monoisotopic (exact) mass is 301 g/mol. The van der Waals surface area contributed by atoms with Gasteiger partial charge >= 0.3 is 0 Å². The van der Waals surface area contributed by atoms with Crippen molar-refractivity contribution in [3.8, 4) is 11.6 Å². The lowest BCUT2D eigenvalue weighted by Crippen LogP contribution is -1.91. The Morgan fingerprint density at radius 2 is 1.89 bits per heavy atom. The van der Waals surface area contributed by atoms with Gasteiger partial charge in [0.2, 0.25) is 5.88 Å². The fourth-order valence-corrected chi connectivity index (χ4v) is 1.97. The van der Waals surface area contributed by atoms with Crippen molar-refractivity contribution < 1.29 is 4.74 Å². The van der Waals surface area contributed by atoms with Crippen LogP contribution < -0.4 is 4.74 Å². The summed E-state index contributed by atoms with van der Waals surface area (Å²) >= 11 is 17.6. The quantitative estimate of drug-likeness (QED) is 0.708. The minimum absolute atomic E-state index is 0.169. The number of ether oxygens (including phenoxy) is 1. The smallest absolute Gasteiger partial charge is 0.239 e. The van der Waals surface area contributed by atoms with Gasteiger partial charge in [-0.25, -0.2) is 0 Å². The Hall–Kier alpha value is -0.960. The van der Waals surface area contributed by atoms with E-state index in [1.54, 1.807) is 0 Å². The van der Waals surface area contributed by atoms with E-state index in [9.17, 15) is 0 Å². The van der Waals surface area contributed by atoms with Gasteiger partial charge in [0.1, 0.15) is 10.8 Å². The highest BCUT2D eigenvalue weighted by atomic mass is 35.5. The average Bonchev–Trinajstić information content (AvgIpc) is 2.36. The minimum atomic E-state index is 0.169. The molecule has 0 spiro atoms. The molecule has 18 heavy (non-hydrogen) atoms. The number of nitrogens with zero attached hydrogens (tertiary/aromatic N) is 1. The van der Waals surface area contributed by atoms with E-state index in [1.165, 1.54) is 11.6 Å². The van der Waals surface area contributed by atoms with Crippen LogP contribution in [0.4, 0.5) is 0 Å². The molecule has 2 aromatic rings.